The number of anilines is 2. The van der Waals surface area contributed by atoms with E-state index in [9.17, 15) is 9.59 Å². The first-order chi connectivity index (χ1) is 12.7. The van der Waals surface area contributed by atoms with E-state index >= 15 is 0 Å². The highest BCUT2D eigenvalue weighted by molar-refractivity contribution is 5.93. The molecule has 2 aliphatic rings. The topological polar surface area (TPSA) is 106 Å². The van der Waals surface area contributed by atoms with Crippen molar-refractivity contribution in [2.24, 2.45) is 0 Å². The minimum Gasteiger partial charge on any atom is -0.450 e. The molecule has 2 saturated heterocycles. The van der Waals surface area contributed by atoms with Gasteiger partial charge in [0, 0.05) is 25.7 Å². The molecule has 2 aliphatic heterocycles. The molecule has 2 N–H and O–H groups in total. The molecule has 0 saturated carbocycles. The Morgan fingerprint density at radius 3 is 2.58 bits per heavy atom. The van der Waals surface area contributed by atoms with Gasteiger partial charge in [-0.1, -0.05) is 0 Å². The third kappa shape index (κ3) is 4.81. The van der Waals surface area contributed by atoms with Crippen LogP contribution in [0, 0.1) is 0 Å². The van der Waals surface area contributed by atoms with Gasteiger partial charge in [-0.3, -0.25) is 4.79 Å². The summed E-state index contributed by atoms with van der Waals surface area (Å²) in [6.07, 6.45) is 2.64. The molecule has 9 nitrogen and oxygen atoms in total. The molecule has 0 aromatic carbocycles. The summed E-state index contributed by atoms with van der Waals surface area (Å²) in [7, 11) is 0. The van der Waals surface area contributed by atoms with Crippen LogP contribution in [0.4, 0.5) is 16.4 Å². The highest BCUT2D eigenvalue weighted by Crippen LogP contribution is 2.17. The summed E-state index contributed by atoms with van der Waals surface area (Å²) in [6.45, 7) is 4.13. The molecule has 142 valence electrons. The normalized spacial score (nSPS) is 20.7. The SMILES string of the molecule is CCOC(=O)N1CCC(Nc2ccc(NC(=O)C3CCCO3)nn2)CC1. The number of rotatable bonds is 5. The van der Waals surface area contributed by atoms with Gasteiger partial charge in [-0.05, 0) is 44.7 Å². The fourth-order valence-electron chi connectivity index (χ4n) is 3.10. The molecule has 0 radical (unpaired) electrons. The van der Waals surface area contributed by atoms with Crippen molar-refractivity contribution < 1.29 is 19.1 Å². The summed E-state index contributed by atoms with van der Waals surface area (Å²) >= 11 is 0. The number of amides is 2. The van der Waals surface area contributed by atoms with E-state index in [1.54, 1.807) is 24.0 Å². The quantitative estimate of drug-likeness (QED) is 0.819. The van der Waals surface area contributed by atoms with Crippen LogP contribution in [-0.2, 0) is 14.3 Å². The van der Waals surface area contributed by atoms with Crippen molar-refractivity contribution in [1.29, 1.82) is 0 Å². The van der Waals surface area contributed by atoms with E-state index in [1.807, 2.05) is 0 Å². The van der Waals surface area contributed by atoms with Gasteiger partial charge in [0.25, 0.3) is 5.91 Å². The Morgan fingerprint density at radius 1 is 1.23 bits per heavy atom. The van der Waals surface area contributed by atoms with Gasteiger partial charge in [0.1, 0.15) is 11.9 Å². The van der Waals surface area contributed by atoms with Crippen LogP contribution in [0.1, 0.15) is 32.6 Å². The second-order valence-electron chi connectivity index (χ2n) is 6.40. The monoisotopic (exact) mass is 363 g/mol. The number of ether oxygens (including phenoxy) is 2. The van der Waals surface area contributed by atoms with Crippen LogP contribution in [0.2, 0.25) is 0 Å². The lowest BCUT2D eigenvalue weighted by molar-refractivity contribution is -0.124. The van der Waals surface area contributed by atoms with Gasteiger partial charge in [-0.15, -0.1) is 10.2 Å². The van der Waals surface area contributed by atoms with Crippen molar-refractivity contribution >= 4 is 23.6 Å². The molecule has 2 fully saturated rings. The first-order valence-corrected chi connectivity index (χ1v) is 9.10. The predicted molar refractivity (Wildman–Crippen MR) is 94.9 cm³/mol. The second kappa shape index (κ2) is 8.79. The third-order valence-electron chi connectivity index (χ3n) is 4.51. The van der Waals surface area contributed by atoms with Crippen LogP contribution in [0.5, 0.6) is 0 Å². The summed E-state index contributed by atoms with van der Waals surface area (Å²) in [4.78, 5) is 25.4. The number of carbonyl (C=O) groups excluding carboxylic acids is 2. The zero-order valence-corrected chi connectivity index (χ0v) is 14.9. The van der Waals surface area contributed by atoms with Gasteiger partial charge in [-0.25, -0.2) is 4.79 Å². The largest absolute Gasteiger partial charge is 0.450 e. The number of hydrogen-bond donors (Lipinski definition) is 2. The first-order valence-electron chi connectivity index (χ1n) is 9.10. The molecule has 0 bridgehead atoms. The number of likely N-dealkylation sites (tertiary alicyclic amines) is 1. The van der Waals surface area contributed by atoms with Gasteiger partial charge in [-0.2, -0.15) is 0 Å². The Kier molecular flexibility index (Phi) is 6.21. The standard InChI is InChI=1S/C17H25N5O4/c1-2-25-17(24)22-9-7-12(8-10-22)18-14-5-6-15(21-20-14)19-16(23)13-4-3-11-26-13/h5-6,12-13H,2-4,7-11H2,1H3,(H,18,20)(H,19,21,23). The zero-order chi connectivity index (χ0) is 18.4. The second-order valence-corrected chi connectivity index (χ2v) is 6.40. The van der Waals surface area contributed by atoms with Crippen LogP contribution >= 0.6 is 0 Å². The van der Waals surface area contributed by atoms with E-state index in [0.29, 0.717) is 37.9 Å². The summed E-state index contributed by atoms with van der Waals surface area (Å²) in [6, 6.07) is 3.73. The van der Waals surface area contributed by atoms with E-state index in [0.717, 1.165) is 25.7 Å². The Labute approximate surface area is 152 Å². The predicted octanol–water partition coefficient (Wildman–Crippen LogP) is 1.63. The molecule has 1 aromatic heterocycles. The van der Waals surface area contributed by atoms with Gasteiger partial charge >= 0.3 is 6.09 Å². The van der Waals surface area contributed by atoms with Crippen molar-refractivity contribution in [2.75, 3.05) is 36.9 Å². The summed E-state index contributed by atoms with van der Waals surface area (Å²) in [5, 5.41) is 14.2. The Bertz CT molecular complexity index is 610. The van der Waals surface area contributed by atoms with Crippen molar-refractivity contribution in [3.8, 4) is 0 Å². The Hall–Kier alpha value is -2.42. The maximum absolute atomic E-state index is 12.0. The highest BCUT2D eigenvalue weighted by Gasteiger charge is 2.25. The average Bonchev–Trinajstić information content (AvgIpc) is 3.19. The van der Waals surface area contributed by atoms with Crippen LogP contribution in [0.3, 0.4) is 0 Å². The maximum Gasteiger partial charge on any atom is 0.409 e. The number of aromatic nitrogens is 2. The highest BCUT2D eigenvalue weighted by atomic mass is 16.6. The summed E-state index contributed by atoms with van der Waals surface area (Å²) < 4.78 is 10.4. The van der Waals surface area contributed by atoms with Crippen LogP contribution < -0.4 is 10.6 Å². The maximum atomic E-state index is 12.0. The minimum atomic E-state index is -0.390. The molecular formula is C17H25N5O4. The van der Waals surface area contributed by atoms with Crippen molar-refractivity contribution in [3.05, 3.63) is 12.1 Å². The van der Waals surface area contributed by atoms with E-state index in [1.165, 1.54) is 0 Å². The smallest absolute Gasteiger partial charge is 0.409 e. The molecule has 3 rings (SSSR count). The van der Waals surface area contributed by atoms with Crippen LogP contribution in [0.25, 0.3) is 0 Å². The number of carbonyl (C=O) groups is 2. The van der Waals surface area contributed by atoms with E-state index in [4.69, 9.17) is 9.47 Å². The van der Waals surface area contributed by atoms with Crippen molar-refractivity contribution in [1.82, 2.24) is 15.1 Å². The molecule has 0 spiro atoms. The van der Waals surface area contributed by atoms with Gasteiger partial charge in [0.2, 0.25) is 0 Å². The van der Waals surface area contributed by atoms with E-state index < -0.39 is 0 Å². The van der Waals surface area contributed by atoms with Gasteiger partial charge < -0.3 is 25.0 Å². The molecule has 1 unspecified atom stereocenters. The number of hydrogen-bond acceptors (Lipinski definition) is 7. The van der Waals surface area contributed by atoms with Crippen molar-refractivity contribution in [2.45, 2.75) is 44.8 Å². The molecule has 0 aliphatic carbocycles. The number of piperidine rings is 1. The van der Waals surface area contributed by atoms with Gasteiger partial charge in [0.15, 0.2) is 5.82 Å². The Morgan fingerprint density at radius 2 is 1.96 bits per heavy atom. The molecule has 9 heteroatoms. The lowest BCUT2D eigenvalue weighted by Crippen LogP contribution is -2.42. The Balaban J connectivity index is 1.44. The van der Waals surface area contributed by atoms with Crippen LogP contribution in [0.15, 0.2) is 12.1 Å². The molecule has 26 heavy (non-hydrogen) atoms. The minimum absolute atomic E-state index is 0.177. The lowest BCUT2D eigenvalue weighted by atomic mass is 10.1. The summed E-state index contributed by atoms with van der Waals surface area (Å²) in [5.74, 6) is 0.881. The fraction of sp³-hybridized carbons (Fsp3) is 0.647. The third-order valence-corrected chi connectivity index (χ3v) is 4.51. The summed E-state index contributed by atoms with van der Waals surface area (Å²) in [5.41, 5.74) is 0. The average molecular weight is 363 g/mol. The van der Waals surface area contributed by atoms with E-state index in [2.05, 4.69) is 20.8 Å². The van der Waals surface area contributed by atoms with Gasteiger partial charge in [0.05, 0.1) is 6.61 Å². The number of nitrogens with one attached hydrogen (secondary N) is 2. The first kappa shape index (κ1) is 18.4. The molecule has 1 aromatic rings. The lowest BCUT2D eigenvalue weighted by Gasteiger charge is -2.31. The van der Waals surface area contributed by atoms with Crippen molar-refractivity contribution in [3.63, 3.8) is 0 Å². The fourth-order valence-corrected chi connectivity index (χ4v) is 3.10. The number of nitrogens with zero attached hydrogens (tertiary/aromatic N) is 3. The van der Waals surface area contributed by atoms with E-state index in [-0.39, 0.29) is 24.1 Å². The molecule has 1 atom stereocenters. The molecular weight excluding hydrogens is 338 g/mol. The molecule has 2 amide bonds. The van der Waals surface area contributed by atoms with Crippen LogP contribution in [-0.4, -0.2) is 65.5 Å². The molecule has 3 heterocycles. The zero-order valence-electron chi connectivity index (χ0n) is 14.9.